The molecule has 0 saturated carbocycles. The Labute approximate surface area is 128 Å². The first-order valence-electron chi connectivity index (χ1n) is 6.23. The zero-order chi connectivity index (χ0) is 15.3. The highest BCUT2D eigenvalue weighted by Crippen LogP contribution is 2.24. The van der Waals surface area contributed by atoms with Crippen LogP contribution in [0.2, 0.25) is 0 Å². The summed E-state index contributed by atoms with van der Waals surface area (Å²) in [7, 11) is -3.46. The van der Waals surface area contributed by atoms with Gasteiger partial charge in [0.2, 0.25) is 10.0 Å². The summed E-state index contributed by atoms with van der Waals surface area (Å²) in [4.78, 5) is 0.866. The van der Waals surface area contributed by atoms with E-state index < -0.39 is 10.0 Å². The molecule has 0 amide bonds. The van der Waals surface area contributed by atoms with E-state index in [4.69, 9.17) is 5.73 Å². The van der Waals surface area contributed by atoms with Crippen LogP contribution in [0.4, 0.5) is 11.4 Å². The first-order chi connectivity index (χ1) is 9.96. The van der Waals surface area contributed by atoms with E-state index in [0.29, 0.717) is 17.1 Å². The molecule has 21 heavy (non-hydrogen) atoms. The molecule has 2 rings (SSSR count). The van der Waals surface area contributed by atoms with Gasteiger partial charge < -0.3 is 10.8 Å². The highest BCUT2D eigenvalue weighted by atomic mass is 32.2. The van der Waals surface area contributed by atoms with Gasteiger partial charge in [-0.05, 0) is 24.3 Å². The summed E-state index contributed by atoms with van der Waals surface area (Å²) in [6.07, 6.45) is 0. The number of nitrogens with two attached hydrogens (primary N) is 1. The van der Waals surface area contributed by atoms with Gasteiger partial charge in [0.05, 0.1) is 11.4 Å². The van der Waals surface area contributed by atoms with Crippen molar-refractivity contribution < 1.29 is 13.5 Å². The van der Waals surface area contributed by atoms with Gasteiger partial charge in [0, 0.05) is 22.4 Å². The van der Waals surface area contributed by atoms with Crippen molar-refractivity contribution in [1.82, 2.24) is 0 Å². The molecule has 0 aliphatic carbocycles. The Hall–Kier alpha value is -1.86. The number of hydrogen-bond donors (Lipinski definition) is 3. The maximum atomic E-state index is 11.9. The van der Waals surface area contributed by atoms with Crippen LogP contribution in [0.3, 0.4) is 0 Å². The van der Waals surface area contributed by atoms with Crippen LogP contribution in [-0.4, -0.2) is 25.0 Å². The summed E-state index contributed by atoms with van der Waals surface area (Å²) in [5.41, 5.74) is 6.78. The molecule has 0 aliphatic heterocycles. The lowest BCUT2D eigenvalue weighted by molar-refractivity contribution is 0.475. The molecule has 4 N–H and O–H groups in total. The highest BCUT2D eigenvalue weighted by molar-refractivity contribution is 8.01. The van der Waals surface area contributed by atoms with Crippen molar-refractivity contribution in [2.24, 2.45) is 0 Å². The molecule has 0 bridgehead atoms. The van der Waals surface area contributed by atoms with E-state index in [0.717, 1.165) is 4.90 Å². The standard InChI is InChI=1S/C14H16N2O3S2/c15-13-6-1-2-7-14(13)20-8-9-21(18,19)16-11-4-3-5-12(17)10-11/h1-7,10,16-17H,8-9,15H2. The molecule has 0 spiro atoms. The van der Waals surface area contributed by atoms with Gasteiger partial charge in [-0.1, -0.05) is 18.2 Å². The summed E-state index contributed by atoms with van der Waals surface area (Å²) < 4.78 is 26.3. The Bertz CT molecular complexity index is 718. The lowest BCUT2D eigenvalue weighted by atomic mass is 10.3. The third-order valence-corrected chi connectivity index (χ3v) is 5.29. The van der Waals surface area contributed by atoms with Crippen molar-refractivity contribution in [3.05, 3.63) is 48.5 Å². The molecule has 5 nitrogen and oxygen atoms in total. The summed E-state index contributed by atoms with van der Waals surface area (Å²) in [6.45, 7) is 0. The molecule has 2 aromatic carbocycles. The van der Waals surface area contributed by atoms with Gasteiger partial charge in [0.1, 0.15) is 5.75 Å². The smallest absolute Gasteiger partial charge is 0.233 e. The van der Waals surface area contributed by atoms with Gasteiger partial charge in [0.25, 0.3) is 0 Å². The number of anilines is 2. The molecule has 112 valence electrons. The Morgan fingerprint density at radius 3 is 2.62 bits per heavy atom. The number of nitrogen functional groups attached to an aromatic ring is 1. The number of aromatic hydroxyl groups is 1. The van der Waals surface area contributed by atoms with Crippen LogP contribution in [0, 0.1) is 0 Å². The second kappa shape index (κ2) is 6.73. The fraction of sp³-hybridized carbons (Fsp3) is 0.143. The molecular formula is C14H16N2O3S2. The fourth-order valence-electron chi connectivity index (χ4n) is 1.67. The molecule has 0 heterocycles. The van der Waals surface area contributed by atoms with Crippen molar-refractivity contribution in [1.29, 1.82) is 0 Å². The third-order valence-electron chi connectivity index (χ3n) is 2.65. The minimum absolute atomic E-state index is 0.0154. The van der Waals surface area contributed by atoms with Gasteiger partial charge >= 0.3 is 0 Å². The van der Waals surface area contributed by atoms with Crippen LogP contribution in [0.25, 0.3) is 0 Å². The summed E-state index contributed by atoms with van der Waals surface area (Å²) in [6, 6.07) is 13.3. The molecule has 0 radical (unpaired) electrons. The van der Waals surface area contributed by atoms with E-state index in [9.17, 15) is 13.5 Å². The minimum atomic E-state index is -3.46. The third kappa shape index (κ3) is 4.87. The van der Waals surface area contributed by atoms with Crippen LogP contribution in [0.1, 0.15) is 0 Å². The van der Waals surface area contributed by atoms with Crippen molar-refractivity contribution in [3.8, 4) is 5.75 Å². The van der Waals surface area contributed by atoms with Crippen LogP contribution in [-0.2, 0) is 10.0 Å². The molecule has 0 aromatic heterocycles. The summed E-state index contributed by atoms with van der Waals surface area (Å²) >= 11 is 1.39. The predicted molar refractivity (Wildman–Crippen MR) is 87.1 cm³/mol. The number of sulfonamides is 1. The quantitative estimate of drug-likeness (QED) is 0.561. The normalized spacial score (nSPS) is 11.2. The number of para-hydroxylation sites is 1. The first kappa shape index (κ1) is 15.5. The second-order valence-corrected chi connectivity index (χ2v) is 7.34. The molecule has 2 aromatic rings. The van der Waals surface area contributed by atoms with Gasteiger partial charge in [-0.15, -0.1) is 11.8 Å². The molecule has 0 unspecified atom stereocenters. The fourth-order valence-corrected chi connectivity index (χ4v) is 4.10. The number of phenols is 1. The minimum Gasteiger partial charge on any atom is -0.508 e. The maximum absolute atomic E-state index is 11.9. The number of rotatable bonds is 6. The number of benzene rings is 2. The topological polar surface area (TPSA) is 92.4 Å². The predicted octanol–water partition coefficient (Wildman–Crippen LogP) is 2.51. The Kier molecular flexibility index (Phi) is 4.98. The van der Waals surface area contributed by atoms with Crippen LogP contribution < -0.4 is 10.5 Å². The van der Waals surface area contributed by atoms with Crippen molar-refractivity contribution in [2.45, 2.75) is 4.90 Å². The molecular weight excluding hydrogens is 308 g/mol. The van der Waals surface area contributed by atoms with Crippen LogP contribution in [0.15, 0.2) is 53.4 Å². The van der Waals surface area contributed by atoms with Crippen molar-refractivity contribution >= 4 is 33.2 Å². The summed E-state index contributed by atoms with van der Waals surface area (Å²) in [5.74, 6) is 0.367. The molecule has 7 heteroatoms. The largest absolute Gasteiger partial charge is 0.508 e. The molecule has 0 aliphatic rings. The van der Waals surface area contributed by atoms with Gasteiger partial charge in [-0.2, -0.15) is 0 Å². The summed E-state index contributed by atoms with van der Waals surface area (Å²) in [5, 5.41) is 9.31. The average Bonchev–Trinajstić information content (AvgIpc) is 2.40. The first-order valence-corrected chi connectivity index (χ1v) is 8.87. The lowest BCUT2D eigenvalue weighted by Crippen LogP contribution is -2.18. The zero-order valence-electron chi connectivity index (χ0n) is 11.2. The van der Waals surface area contributed by atoms with Crippen molar-refractivity contribution in [2.75, 3.05) is 22.0 Å². The Morgan fingerprint density at radius 2 is 1.90 bits per heavy atom. The van der Waals surface area contributed by atoms with E-state index in [1.54, 1.807) is 18.2 Å². The number of hydrogen-bond acceptors (Lipinski definition) is 5. The lowest BCUT2D eigenvalue weighted by Gasteiger charge is -2.09. The van der Waals surface area contributed by atoms with E-state index in [-0.39, 0.29) is 11.5 Å². The average molecular weight is 324 g/mol. The Morgan fingerprint density at radius 1 is 1.14 bits per heavy atom. The zero-order valence-corrected chi connectivity index (χ0v) is 12.8. The Balaban J connectivity index is 1.91. The molecule has 0 saturated heterocycles. The van der Waals surface area contributed by atoms with Gasteiger partial charge in [0.15, 0.2) is 0 Å². The SMILES string of the molecule is Nc1ccccc1SCCS(=O)(=O)Nc1cccc(O)c1. The van der Waals surface area contributed by atoms with Gasteiger partial charge in [-0.3, -0.25) is 4.72 Å². The van der Waals surface area contributed by atoms with E-state index in [1.807, 2.05) is 18.2 Å². The number of nitrogens with one attached hydrogen (secondary N) is 1. The molecule has 0 atom stereocenters. The second-order valence-electron chi connectivity index (χ2n) is 4.36. The number of phenolic OH excluding ortho intramolecular Hbond substituents is 1. The van der Waals surface area contributed by atoms with Crippen LogP contribution >= 0.6 is 11.8 Å². The monoisotopic (exact) mass is 324 g/mol. The van der Waals surface area contributed by atoms with Crippen LogP contribution in [0.5, 0.6) is 5.75 Å². The van der Waals surface area contributed by atoms with E-state index in [2.05, 4.69) is 4.72 Å². The maximum Gasteiger partial charge on any atom is 0.233 e. The number of thioether (sulfide) groups is 1. The van der Waals surface area contributed by atoms with E-state index >= 15 is 0 Å². The molecule has 0 fully saturated rings. The van der Waals surface area contributed by atoms with E-state index in [1.165, 1.54) is 23.9 Å². The van der Waals surface area contributed by atoms with Crippen molar-refractivity contribution in [3.63, 3.8) is 0 Å². The highest BCUT2D eigenvalue weighted by Gasteiger charge is 2.11. The van der Waals surface area contributed by atoms with Gasteiger partial charge in [-0.25, -0.2) is 8.42 Å².